The molecule has 0 aliphatic carbocycles. The molecule has 0 saturated carbocycles. The van der Waals surface area contributed by atoms with Crippen LogP contribution in [-0.2, 0) is 17.2 Å². The molecule has 0 unspecified atom stereocenters. The monoisotopic (exact) mass is 912 g/mol. The molecule has 3 aliphatic heterocycles. The molecule has 6 aromatic rings. The molecule has 336 valence electrons. The van der Waals surface area contributed by atoms with Gasteiger partial charge in [-0.15, -0.1) is 0 Å². The van der Waals surface area contributed by atoms with E-state index in [1.54, 1.807) is 28.4 Å². The number of aromatic amines is 1. The molecule has 0 spiro atoms. The van der Waals surface area contributed by atoms with E-state index in [1.165, 1.54) is 0 Å². The second-order valence-electron chi connectivity index (χ2n) is 15.2. The number of nitrogens with one attached hydrogen (secondary N) is 1. The molecule has 9 rings (SSSR count). The number of aryl methyl sites for hydroxylation is 1. The number of benzene rings is 4. The van der Waals surface area contributed by atoms with Gasteiger partial charge < -0.3 is 33.1 Å². The summed E-state index contributed by atoms with van der Waals surface area (Å²) in [6.07, 6.45) is 10.8. The summed E-state index contributed by atoms with van der Waals surface area (Å²) in [4.78, 5) is 9.32. The molecule has 3 aliphatic rings. The average Bonchev–Trinajstić information content (AvgIpc) is 4.14. The maximum Gasteiger partial charge on any atom is 0.485 e. The standard InChI is InChI=1S/C50H42N4O4.CHF3O3S/c1-53-30-35-29-46(53)50(34-14-10-18-39(28-34)58-6)43-22-20-41(52-43)48(32-12-8-16-37(26-32)56-4)40-19-21-42(51-40)49(33-13-9-17-38(27-33)57-5)45-24-23-44(54(45)2)47(35)31-11-7-15-36(25-31)55-3;2-1(3,4)8(5,6)7/h7-30H,1-6H3;(H,5,6,7). The van der Waals surface area contributed by atoms with Gasteiger partial charge in [-0.05, 0) is 101 Å². The molecule has 0 fully saturated rings. The number of likely N-dealkylation sites (N-methyl/N-ethyl adjacent to an activating group) is 1. The Hall–Kier alpha value is -7.62. The lowest BCUT2D eigenvalue weighted by atomic mass is 9.96. The SMILES string of the molecule is COc1cccc(C2=C3C=CC(=N3)C(c3cccc(OC)c3)=c3ccc([nH]3)=C(c3cccc(OC)c3)c3cc(cn3C)C(c3cccc(OC)c3)=C3C=CC2=[N+]3C)c1.O=S(=O)([O-])C(F)(F)F. The Balaban J connectivity index is 0.000000679. The van der Waals surface area contributed by atoms with Crippen LogP contribution in [-0.4, -0.2) is 79.5 Å². The van der Waals surface area contributed by atoms with Crippen LogP contribution in [0.3, 0.4) is 0 Å². The second kappa shape index (κ2) is 18.1. The first-order chi connectivity index (χ1) is 31.6. The lowest BCUT2D eigenvalue weighted by molar-refractivity contribution is -0.431. The molecule has 0 amide bonds. The Morgan fingerprint density at radius 2 is 1.06 bits per heavy atom. The van der Waals surface area contributed by atoms with Crippen molar-refractivity contribution in [3.8, 4) is 23.0 Å². The van der Waals surface area contributed by atoms with Crippen LogP contribution in [0.2, 0.25) is 0 Å². The minimum absolute atomic E-state index is 0.763. The number of aliphatic imine (C=N–C) groups is 1. The summed E-state index contributed by atoms with van der Waals surface area (Å²) in [5.74, 6) is 3.09. The van der Waals surface area contributed by atoms with E-state index in [0.29, 0.717) is 0 Å². The van der Waals surface area contributed by atoms with E-state index in [0.717, 1.165) is 112 Å². The molecule has 0 radical (unpaired) electrons. The Bertz CT molecular complexity index is 3350. The number of ether oxygens (including phenoxy) is 4. The molecule has 4 aromatic carbocycles. The Labute approximate surface area is 379 Å². The van der Waals surface area contributed by atoms with Gasteiger partial charge in [-0.2, -0.15) is 17.7 Å². The van der Waals surface area contributed by atoms with Crippen LogP contribution in [0.4, 0.5) is 13.2 Å². The van der Waals surface area contributed by atoms with Gasteiger partial charge in [-0.25, -0.2) is 13.4 Å². The summed E-state index contributed by atoms with van der Waals surface area (Å²) < 4.78 is 86.4. The molecule has 0 atom stereocenters. The predicted octanol–water partition coefficient (Wildman–Crippen LogP) is 7.73. The zero-order chi connectivity index (χ0) is 46.9. The largest absolute Gasteiger partial charge is 0.741 e. The highest BCUT2D eigenvalue weighted by molar-refractivity contribution is 7.86. The molecule has 0 saturated heterocycles. The fourth-order valence-electron chi connectivity index (χ4n) is 8.18. The summed E-state index contributed by atoms with van der Waals surface area (Å²) in [6, 6.07) is 39.4. The summed E-state index contributed by atoms with van der Waals surface area (Å²) in [5, 5.41) is 1.87. The highest BCUT2D eigenvalue weighted by Gasteiger charge is 2.37. The fraction of sp³-hybridized carbons (Fsp3) is 0.137. The van der Waals surface area contributed by atoms with Crippen molar-refractivity contribution in [1.82, 2.24) is 9.55 Å². The highest BCUT2D eigenvalue weighted by atomic mass is 32.2. The van der Waals surface area contributed by atoms with Gasteiger partial charge in [0.1, 0.15) is 30.0 Å². The van der Waals surface area contributed by atoms with Crippen LogP contribution in [0, 0.1) is 0 Å². The number of rotatable bonds is 8. The highest BCUT2D eigenvalue weighted by Crippen LogP contribution is 2.38. The van der Waals surface area contributed by atoms with Crippen molar-refractivity contribution in [1.29, 1.82) is 0 Å². The quantitative estimate of drug-likeness (QED) is 0.0941. The number of alkyl halides is 3. The van der Waals surface area contributed by atoms with Crippen molar-refractivity contribution in [3.05, 3.63) is 201 Å². The molecule has 66 heavy (non-hydrogen) atoms. The number of methoxy groups -OCH3 is 4. The Kier molecular flexibility index (Phi) is 12.3. The van der Waals surface area contributed by atoms with E-state index in [9.17, 15) is 13.2 Å². The second-order valence-corrected chi connectivity index (χ2v) is 16.6. The lowest BCUT2D eigenvalue weighted by Gasteiger charge is -2.12. The minimum atomic E-state index is -6.09. The van der Waals surface area contributed by atoms with Crippen LogP contribution >= 0.6 is 0 Å². The average molecular weight is 913 g/mol. The van der Waals surface area contributed by atoms with Crippen LogP contribution in [0.1, 0.15) is 33.5 Å². The molecule has 8 bridgehead atoms. The van der Waals surface area contributed by atoms with Crippen molar-refractivity contribution in [2.45, 2.75) is 5.51 Å². The molecular formula is C51H43F3N4O7S. The van der Waals surface area contributed by atoms with Gasteiger partial charge in [0.05, 0.1) is 56.7 Å². The zero-order valence-electron chi connectivity index (χ0n) is 36.6. The van der Waals surface area contributed by atoms with Gasteiger partial charge in [0.25, 0.3) is 0 Å². The molecule has 2 aromatic heterocycles. The summed E-state index contributed by atoms with van der Waals surface area (Å²) in [6.45, 7) is 0. The van der Waals surface area contributed by atoms with Crippen molar-refractivity contribution in [2.24, 2.45) is 12.0 Å². The normalized spacial score (nSPS) is 14.7. The predicted molar refractivity (Wildman–Crippen MR) is 247 cm³/mol. The third kappa shape index (κ3) is 8.77. The van der Waals surface area contributed by atoms with Gasteiger partial charge in [0, 0.05) is 52.8 Å². The van der Waals surface area contributed by atoms with Gasteiger partial charge in [0.2, 0.25) is 11.4 Å². The van der Waals surface area contributed by atoms with Crippen LogP contribution in [0.5, 0.6) is 23.0 Å². The third-order valence-electron chi connectivity index (χ3n) is 11.3. The topological polar surface area (TPSA) is 130 Å². The van der Waals surface area contributed by atoms with Crippen molar-refractivity contribution in [3.63, 3.8) is 0 Å². The number of hydrogen-bond donors (Lipinski definition) is 1. The van der Waals surface area contributed by atoms with Gasteiger partial charge in [-0.3, -0.25) is 0 Å². The first-order valence-corrected chi connectivity index (χ1v) is 21.8. The molecule has 15 heteroatoms. The van der Waals surface area contributed by atoms with Crippen molar-refractivity contribution < 1.29 is 49.7 Å². The van der Waals surface area contributed by atoms with E-state index < -0.39 is 15.6 Å². The molecule has 5 heterocycles. The summed E-state index contributed by atoms with van der Waals surface area (Å²) in [7, 11) is 4.94. The first kappa shape index (κ1) is 45.0. The first-order valence-electron chi connectivity index (χ1n) is 20.4. The van der Waals surface area contributed by atoms with Gasteiger partial charge in [-0.1, -0.05) is 48.5 Å². The van der Waals surface area contributed by atoms with E-state index >= 15 is 0 Å². The molecule has 11 nitrogen and oxygen atoms in total. The van der Waals surface area contributed by atoms with Gasteiger partial charge >= 0.3 is 5.51 Å². The summed E-state index contributed by atoms with van der Waals surface area (Å²) >= 11 is 0. The van der Waals surface area contributed by atoms with Crippen LogP contribution in [0.25, 0.3) is 22.3 Å². The van der Waals surface area contributed by atoms with Crippen molar-refractivity contribution >= 4 is 43.8 Å². The minimum Gasteiger partial charge on any atom is -0.741 e. The van der Waals surface area contributed by atoms with Crippen LogP contribution < -0.4 is 29.6 Å². The Morgan fingerprint density at radius 1 is 0.606 bits per heavy atom. The number of H-pyrrole nitrogens is 1. The maximum atomic E-state index is 10.7. The molecular weight excluding hydrogens is 870 g/mol. The van der Waals surface area contributed by atoms with E-state index in [2.05, 4.69) is 125 Å². The number of nitrogens with zero attached hydrogens (tertiary/aromatic N) is 3. The van der Waals surface area contributed by atoms with Gasteiger partial charge in [0.15, 0.2) is 10.1 Å². The third-order valence-corrected chi connectivity index (χ3v) is 11.8. The summed E-state index contributed by atoms with van der Waals surface area (Å²) in [5.41, 5.74) is 8.17. The zero-order valence-corrected chi connectivity index (χ0v) is 37.4. The number of aromatic nitrogens is 2. The van der Waals surface area contributed by atoms with Crippen molar-refractivity contribution in [2.75, 3.05) is 35.5 Å². The Morgan fingerprint density at radius 3 is 1.55 bits per heavy atom. The van der Waals surface area contributed by atoms with E-state index in [1.807, 2.05) is 48.5 Å². The number of allylic oxidation sites excluding steroid dienone is 5. The number of halogens is 3. The number of fused-ring (bicyclic) bond motifs is 6. The number of hydrogen-bond acceptors (Lipinski definition) is 8. The maximum absolute atomic E-state index is 10.7. The molecule has 1 N–H and O–H groups in total. The lowest BCUT2D eigenvalue weighted by Crippen LogP contribution is -2.21. The fourth-order valence-corrected chi connectivity index (χ4v) is 8.18. The van der Waals surface area contributed by atoms with Crippen LogP contribution in [0.15, 0.2) is 162 Å². The smallest absolute Gasteiger partial charge is 0.485 e. The van der Waals surface area contributed by atoms with E-state index in [4.69, 9.17) is 36.9 Å². The van der Waals surface area contributed by atoms with E-state index in [-0.39, 0.29) is 0 Å².